The first kappa shape index (κ1) is 17.5. The fraction of sp³-hybridized carbons (Fsp3) is 0.167. The van der Waals surface area contributed by atoms with E-state index in [1.807, 2.05) is 0 Å². The van der Waals surface area contributed by atoms with Gasteiger partial charge in [-0.2, -0.15) is 0 Å². The lowest BCUT2D eigenvalue weighted by Crippen LogP contribution is -2.12. The summed E-state index contributed by atoms with van der Waals surface area (Å²) < 4.78 is 37.8. The Morgan fingerprint density at radius 3 is 2.73 bits per heavy atom. The van der Waals surface area contributed by atoms with Crippen LogP contribution >= 0.6 is 0 Å². The van der Waals surface area contributed by atoms with Crippen LogP contribution in [0.15, 0.2) is 53.3 Å². The molecule has 0 aliphatic heterocycles. The van der Waals surface area contributed by atoms with Gasteiger partial charge in [-0.3, -0.25) is 15.1 Å². The average molecular weight is 359 g/mol. The molecular formula is C18H15F2N3O3. The van der Waals surface area contributed by atoms with Crippen molar-refractivity contribution >= 4 is 11.8 Å². The molecule has 0 aliphatic carbocycles. The molecule has 8 heteroatoms. The van der Waals surface area contributed by atoms with E-state index >= 15 is 0 Å². The number of anilines is 1. The summed E-state index contributed by atoms with van der Waals surface area (Å²) in [4.78, 5) is 15.8. The third kappa shape index (κ3) is 4.41. The Morgan fingerprint density at radius 2 is 2.00 bits per heavy atom. The lowest BCUT2D eigenvalue weighted by atomic mass is 10.1. The molecule has 0 bridgehead atoms. The summed E-state index contributed by atoms with van der Waals surface area (Å²) in [5.41, 5.74) is -0.336. The minimum atomic E-state index is -0.760. The lowest BCUT2D eigenvalue weighted by Gasteiger charge is -2.05. The normalized spacial score (nSPS) is 10.5. The number of amides is 1. The molecule has 1 aromatic carbocycles. The van der Waals surface area contributed by atoms with Gasteiger partial charge in [-0.1, -0.05) is 11.2 Å². The van der Waals surface area contributed by atoms with Crippen molar-refractivity contribution in [3.05, 3.63) is 60.4 Å². The van der Waals surface area contributed by atoms with Gasteiger partial charge in [-0.05, 0) is 30.7 Å². The van der Waals surface area contributed by atoms with Crippen molar-refractivity contribution in [2.24, 2.45) is 0 Å². The summed E-state index contributed by atoms with van der Waals surface area (Å²) in [5, 5.41) is 6.08. The van der Waals surface area contributed by atoms with Crippen LogP contribution in [0.4, 0.5) is 14.7 Å². The van der Waals surface area contributed by atoms with E-state index in [1.54, 1.807) is 24.5 Å². The highest BCUT2D eigenvalue weighted by molar-refractivity contribution is 5.89. The van der Waals surface area contributed by atoms with Gasteiger partial charge in [0.2, 0.25) is 11.8 Å². The second kappa shape index (κ2) is 8.19. The Balaban J connectivity index is 1.50. The van der Waals surface area contributed by atoms with Crippen LogP contribution in [-0.4, -0.2) is 22.7 Å². The van der Waals surface area contributed by atoms with Gasteiger partial charge in [0.1, 0.15) is 23.1 Å². The van der Waals surface area contributed by atoms with Crippen LogP contribution in [0.3, 0.4) is 0 Å². The number of nitrogens with one attached hydrogen (secondary N) is 1. The molecule has 6 nitrogen and oxygen atoms in total. The maximum Gasteiger partial charge on any atom is 0.231 e. The number of halogens is 2. The summed E-state index contributed by atoms with van der Waals surface area (Å²) in [6.07, 6.45) is 3.88. The summed E-state index contributed by atoms with van der Waals surface area (Å²) in [6, 6.07) is 8.28. The predicted octanol–water partition coefficient (Wildman–Crippen LogP) is 3.81. The zero-order valence-corrected chi connectivity index (χ0v) is 13.6. The first-order valence-corrected chi connectivity index (χ1v) is 7.87. The number of aromatic nitrogens is 2. The molecule has 0 spiro atoms. The molecule has 3 rings (SSSR count). The average Bonchev–Trinajstić information content (AvgIpc) is 3.07. The highest BCUT2D eigenvalue weighted by atomic mass is 19.1. The van der Waals surface area contributed by atoms with Gasteiger partial charge in [-0.25, -0.2) is 8.78 Å². The van der Waals surface area contributed by atoms with Crippen LogP contribution in [0.1, 0.15) is 12.8 Å². The molecule has 0 radical (unpaired) electrons. The van der Waals surface area contributed by atoms with E-state index in [-0.39, 0.29) is 29.5 Å². The zero-order chi connectivity index (χ0) is 18.4. The van der Waals surface area contributed by atoms with E-state index in [4.69, 9.17) is 9.26 Å². The Bertz CT molecular complexity index is 864. The Morgan fingerprint density at radius 1 is 1.19 bits per heavy atom. The van der Waals surface area contributed by atoms with E-state index in [9.17, 15) is 13.6 Å². The molecule has 0 aliphatic rings. The standard InChI is InChI=1S/C18H15F2N3O3/c19-13-5-1-6-14(20)18(13)15-10-17(26-23-15)22-16(24)7-3-9-25-12-4-2-8-21-11-12/h1-2,4-6,8,10-11H,3,7,9H2,(H,22,24). The van der Waals surface area contributed by atoms with E-state index in [0.717, 1.165) is 12.1 Å². The van der Waals surface area contributed by atoms with E-state index in [1.165, 1.54) is 12.1 Å². The minimum Gasteiger partial charge on any atom is -0.492 e. The highest BCUT2D eigenvalue weighted by Gasteiger charge is 2.16. The summed E-state index contributed by atoms with van der Waals surface area (Å²) in [6.45, 7) is 0.348. The molecule has 0 fully saturated rings. The fourth-order valence-corrected chi connectivity index (χ4v) is 2.25. The molecule has 0 saturated carbocycles. The van der Waals surface area contributed by atoms with Crippen LogP contribution in [0.2, 0.25) is 0 Å². The van der Waals surface area contributed by atoms with Crippen LogP contribution in [-0.2, 0) is 4.79 Å². The molecule has 1 amide bonds. The van der Waals surface area contributed by atoms with Crippen molar-refractivity contribution < 1.29 is 22.8 Å². The van der Waals surface area contributed by atoms with E-state index < -0.39 is 11.6 Å². The Hall–Kier alpha value is -3.29. The molecule has 26 heavy (non-hydrogen) atoms. The van der Waals surface area contributed by atoms with Crippen molar-refractivity contribution in [3.8, 4) is 17.0 Å². The second-order valence-electron chi connectivity index (χ2n) is 5.36. The molecule has 2 aromatic heterocycles. The first-order chi connectivity index (χ1) is 12.6. The number of nitrogens with zero attached hydrogens (tertiary/aromatic N) is 2. The lowest BCUT2D eigenvalue weighted by molar-refractivity contribution is -0.116. The van der Waals surface area contributed by atoms with Crippen LogP contribution in [0.5, 0.6) is 5.75 Å². The summed E-state index contributed by atoms with van der Waals surface area (Å²) in [5.74, 6) is -1.20. The first-order valence-electron chi connectivity index (χ1n) is 7.87. The van der Waals surface area contributed by atoms with Crippen molar-refractivity contribution in [3.63, 3.8) is 0 Å². The van der Waals surface area contributed by atoms with Gasteiger partial charge >= 0.3 is 0 Å². The smallest absolute Gasteiger partial charge is 0.231 e. The third-order valence-electron chi connectivity index (χ3n) is 3.44. The van der Waals surface area contributed by atoms with Crippen molar-refractivity contribution in [2.45, 2.75) is 12.8 Å². The summed E-state index contributed by atoms with van der Waals surface area (Å²) in [7, 11) is 0. The van der Waals surface area contributed by atoms with Gasteiger partial charge in [-0.15, -0.1) is 0 Å². The quantitative estimate of drug-likeness (QED) is 0.649. The molecule has 0 atom stereocenters. The van der Waals surface area contributed by atoms with Crippen molar-refractivity contribution in [1.82, 2.24) is 10.1 Å². The zero-order valence-electron chi connectivity index (χ0n) is 13.6. The Kier molecular flexibility index (Phi) is 5.52. The number of carbonyl (C=O) groups excluding carboxylic acids is 1. The predicted molar refractivity (Wildman–Crippen MR) is 89.5 cm³/mol. The van der Waals surface area contributed by atoms with Crippen LogP contribution in [0, 0.1) is 11.6 Å². The second-order valence-corrected chi connectivity index (χ2v) is 5.36. The number of pyridine rings is 1. The number of carbonyl (C=O) groups is 1. The van der Waals surface area contributed by atoms with E-state index in [2.05, 4.69) is 15.5 Å². The molecule has 1 N–H and O–H groups in total. The molecular weight excluding hydrogens is 344 g/mol. The van der Waals surface area contributed by atoms with Gasteiger partial charge < -0.3 is 9.26 Å². The van der Waals surface area contributed by atoms with Gasteiger partial charge in [0.25, 0.3) is 0 Å². The molecule has 134 valence electrons. The number of ether oxygens (including phenoxy) is 1. The topological polar surface area (TPSA) is 77.2 Å². The number of hydrogen-bond acceptors (Lipinski definition) is 5. The minimum absolute atomic E-state index is 0.0147. The maximum absolute atomic E-state index is 13.7. The SMILES string of the molecule is O=C(CCCOc1cccnc1)Nc1cc(-c2c(F)cccc2F)no1. The molecule has 0 unspecified atom stereocenters. The van der Waals surface area contributed by atoms with Crippen molar-refractivity contribution in [1.29, 1.82) is 0 Å². The van der Waals surface area contributed by atoms with Crippen LogP contribution < -0.4 is 10.1 Å². The van der Waals surface area contributed by atoms with Crippen molar-refractivity contribution in [2.75, 3.05) is 11.9 Å². The van der Waals surface area contributed by atoms with Crippen LogP contribution in [0.25, 0.3) is 11.3 Å². The van der Waals surface area contributed by atoms with Gasteiger partial charge in [0, 0.05) is 18.7 Å². The monoisotopic (exact) mass is 359 g/mol. The van der Waals surface area contributed by atoms with Gasteiger partial charge in [0.15, 0.2) is 0 Å². The largest absolute Gasteiger partial charge is 0.492 e. The maximum atomic E-state index is 13.7. The van der Waals surface area contributed by atoms with E-state index in [0.29, 0.717) is 18.8 Å². The molecule has 0 saturated heterocycles. The summed E-state index contributed by atoms with van der Waals surface area (Å²) >= 11 is 0. The number of hydrogen-bond donors (Lipinski definition) is 1. The van der Waals surface area contributed by atoms with Gasteiger partial charge in [0.05, 0.1) is 18.4 Å². The Labute approximate surface area is 147 Å². The fourth-order valence-electron chi connectivity index (χ4n) is 2.25. The molecule has 2 heterocycles. The molecule has 3 aromatic rings. The highest BCUT2D eigenvalue weighted by Crippen LogP contribution is 2.27. The number of benzene rings is 1. The third-order valence-corrected chi connectivity index (χ3v) is 3.44. The number of rotatable bonds is 7.